The van der Waals surface area contributed by atoms with Crippen LogP contribution in [0.4, 0.5) is 0 Å². The van der Waals surface area contributed by atoms with E-state index in [1.54, 1.807) is 12.2 Å². The lowest BCUT2D eigenvalue weighted by Crippen LogP contribution is -2.38. The maximum Gasteiger partial charge on any atom is 0.268 e. The van der Waals surface area contributed by atoms with Crippen LogP contribution in [0.2, 0.25) is 0 Å². The molecule has 0 aliphatic heterocycles. The summed E-state index contributed by atoms with van der Waals surface area (Å²) in [6.07, 6.45) is 9.13. The zero-order valence-electron chi connectivity index (χ0n) is 15.2. The number of benzene rings is 2. The van der Waals surface area contributed by atoms with Crippen molar-refractivity contribution >= 4 is 24.0 Å². The first-order chi connectivity index (χ1) is 13.2. The van der Waals surface area contributed by atoms with Crippen LogP contribution in [-0.4, -0.2) is 17.9 Å². The van der Waals surface area contributed by atoms with E-state index in [0.717, 1.165) is 36.8 Å². The Morgan fingerprint density at radius 3 is 2.07 bits per heavy atom. The van der Waals surface area contributed by atoms with E-state index in [2.05, 4.69) is 10.6 Å². The van der Waals surface area contributed by atoms with E-state index < -0.39 is 0 Å². The first-order valence-corrected chi connectivity index (χ1v) is 9.32. The number of hydrogen-bond donors (Lipinski definition) is 2. The third-order valence-electron chi connectivity index (χ3n) is 4.53. The summed E-state index contributed by atoms with van der Waals surface area (Å²) >= 11 is 0. The van der Waals surface area contributed by atoms with Crippen molar-refractivity contribution in [1.82, 2.24) is 10.6 Å². The molecule has 4 heteroatoms. The van der Waals surface area contributed by atoms with Crippen molar-refractivity contribution in [2.45, 2.75) is 31.7 Å². The van der Waals surface area contributed by atoms with Crippen LogP contribution < -0.4 is 10.6 Å². The van der Waals surface area contributed by atoms with Gasteiger partial charge < -0.3 is 10.6 Å². The van der Waals surface area contributed by atoms with E-state index in [-0.39, 0.29) is 23.6 Å². The van der Waals surface area contributed by atoms with Crippen LogP contribution in [-0.2, 0) is 9.59 Å². The van der Waals surface area contributed by atoms with Gasteiger partial charge in [-0.15, -0.1) is 0 Å². The highest BCUT2D eigenvalue weighted by Crippen LogP contribution is 2.18. The van der Waals surface area contributed by atoms with Crippen LogP contribution in [0.3, 0.4) is 0 Å². The molecule has 2 aromatic rings. The highest BCUT2D eigenvalue weighted by Gasteiger charge is 2.20. The monoisotopic (exact) mass is 360 g/mol. The number of amides is 2. The highest BCUT2D eigenvalue weighted by atomic mass is 16.2. The molecule has 0 bridgehead atoms. The van der Waals surface area contributed by atoms with Crippen LogP contribution in [0.1, 0.15) is 36.8 Å². The summed E-state index contributed by atoms with van der Waals surface area (Å²) in [5.74, 6) is -0.574. The SMILES string of the molecule is O=C(/C=C\c1ccccc1)N/C(=C\c1ccccc1)C(=O)NC1CCCC1. The van der Waals surface area contributed by atoms with Gasteiger partial charge in [-0.25, -0.2) is 0 Å². The van der Waals surface area contributed by atoms with Crippen LogP contribution in [0, 0.1) is 0 Å². The smallest absolute Gasteiger partial charge is 0.268 e. The molecule has 0 unspecified atom stereocenters. The van der Waals surface area contributed by atoms with Crippen molar-refractivity contribution in [3.8, 4) is 0 Å². The lowest BCUT2D eigenvalue weighted by atomic mass is 10.1. The van der Waals surface area contributed by atoms with E-state index in [4.69, 9.17) is 0 Å². The largest absolute Gasteiger partial charge is 0.348 e. The standard InChI is InChI=1S/C23H24N2O2/c26-22(16-15-18-9-3-1-4-10-18)25-21(17-19-11-5-2-6-12-19)23(27)24-20-13-7-8-14-20/h1-6,9-12,15-17,20H,7-8,13-14H2,(H,24,27)(H,25,26)/b16-15-,21-17-. The minimum Gasteiger partial charge on any atom is -0.348 e. The number of nitrogens with one attached hydrogen (secondary N) is 2. The fourth-order valence-electron chi connectivity index (χ4n) is 3.12. The molecule has 0 heterocycles. The molecule has 1 fully saturated rings. The average molecular weight is 360 g/mol. The third-order valence-corrected chi connectivity index (χ3v) is 4.53. The molecule has 2 N–H and O–H groups in total. The molecule has 27 heavy (non-hydrogen) atoms. The molecule has 2 amide bonds. The molecular weight excluding hydrogens is 336 g/mol. The normalized spacial score (nSPS) is 15.0. The van der Waals surface area contributed by atoms with Gasteiger partial charge in [0.25, 0.3) is 5.91 Å². The average Bonchev–Trinajstić information content (AvgIpc) is 3.20. The number of carbonyl (C=O) groups is 2. The van der Waals surface area contributed by atoms with Gasteiger partial charge in [0.05, 0.1) is 0 Å². The summed E-state index contributed by atoms with van der Waals surface area (Å²) < 4.78 is 0. The van der Waals surface area contributed by atoms with Gasteiger partial charge in [-0.05, 0) is 36.1 Å². The molecule has 0 aromatic heterocycles. The zero-order chi connectivity index (χ0) is 18.9. The van der Waals surface area contributed by atoms with Gasteiger partial charge >= 0.3 is 0 Å². The molecule has 1 aliphatic carbocycles. The fourth-order valence-corrected chi connectivity index (χ4v) is 3.12. The number of carbonyl (C=O) groups excluding carboxylic acids is 2. The van der Waals surface area contributed by atoms with Gasteiger partial charge in [0.15, 0.2) is 0 Å². The van der Waals surface area contributed by atoms with Gasteiger partial charge in [0.2, 0.25) is 5.91 Å². The van der Waals surface area contributed by atoms with Crippen LogP contribution in [0.15, 0.2) is 72.4 Å². The second kappa shape index (κ2) is 9.53. The summed E-state index contributed by atoms with van der Waals surface area (Å²) in [5, 5.41) is 5.77. The van der Waals surface area contributed by atoms with Crippen LogP contribution >= 0.6 is 0 Å². The van der Waals surface area contributed by atoms with E-state index in [0.29, 0.717) is 0 Å². The second-order valence-electron chi connectivity index (χ2n) is 6.66. The Labute approximate surface area is 160 Å². The van der Waals surface area contributed by atoms with E-state index in [9.17, 15) is 9.59 Å². The topological polar surface area (TPSA) is 58.2 Å². The molecule has 1 saturated carbocycles. The van der Waals surface area contributed by atoms with Crippen molar-refractivity contribution in [2.75, 3.05) is 0 Å². The highest BCUT2D eigenvalue weighted by molar-refractivity contribution is 6.04. The van der Waals surface area contributed by atoms with E-state index in [1.807, 2.05) is 60.7 Å². The number of rotatable bonds is 6. The molecule has 0 spiro atoms. The minimum absolute atomic E-state index is 0.188. The van der Waals surface area contributed by atoms with Crippen molar-refractivity contribution in [2.24, 2.45) is 0 Å². The van der Waals surface area contributed by atoms with Gasteiger partial charge in [-0.1, -0.05) is 73.5 Å². The summed E-state index contributed by atoms with van der Waals surface area (Å²) in [4.78, 5) is 25.0. The van der Waals surface area contributed by atoms with Gasteiger partial charge in [-0.3, -0.25) is 9.59 Å². The lowest BCUT2D eigenvalue weighted by molar-refractivity contribution is -0.121. The molecule has 3 rings (SSSR count). The maximum absolute atomic E-state index is 12.7. The predicted molar refractivity (Wildman–Crippen MR) is 108 cm³/mol. The Hall–Kier alpha value is -3.14. The maximum atomic E-state index is 12.7. The molecule has 1 aliphatic rings. The van der Waals surface area contributed by atoms with E-state index >= 15 is 0 Å². The fraction of sp³-hybridized carbons (Fsp3) is 0.217. The predicted octanol–water partition coefficient (Wildman–Crippen LogP) is 3.92. The Bertz CT molecular complexity index is 820. The lowest BCUT2D eigenvalue weighted by Gasteiger charge is -2.14. The summed E-state index contributed by atoms with van der Waals surface area (Å²) in [7, 11) is 0. The zero-order valence-corrected chi connectivity index (χ0v) is 15.2. The van der Waals surface area contributed by atoms with Crippen molar-refractivity contribution in [1.29, 1.82) is 0 Å². The number of hydrogen-bond acceptors (Lipinski definition) is 2. The second-order valence-corrected chi connectivity index (χ2v) is 6.66. The van der Waals surface area contributed by atoms with Crippen LogP contribution in [0.25, 0.3) is 12.2 Å². The van der Waals surface area contributed by atoms with Crippen LogP contribution in [0.5, 0.6) is 0 Å². The molecule has 0 radical (unpaired) electrons. The molecule has 138 valence electrons. The molecule has 0 atom stereocenters. The van der Waals surface area contributed by atoms with Gasteiger partial charge in [-0.2, -0.15) is 0 Å². The molecule has 4 nitrogen and oxygen atoms in total. The first-order valence-electron chi connectivity index (χ1n) is 9.32. The van der Waals surface area contributed by atoms with Crippen molar-refractivity contribution < 1.29 is 9.59 Å². The Morgan fingerprint density at radius 1 is 0.852 bits per heavy atom. The summed E-state index contributed by atoms with van der Waals surface area (Å²) in [5.41, 5.74) is 2.05. The summed E-state index contributed by atoms with van der Waals surface area (Å²) in [6.45, 7) is 0. The van der Waals surface area contributed by atoms with E-state index in [1.165, 1.54) is 6.08 Å². The third kappa shape index (κ3) is 5.96. The Kier molecular flexibility index (Phi) is 6.58. The molecule has 0 saturated heterocycles. The minimum atomic E-state index is -0.331. The molecular formula is C23H24N2O2. The van der Waals surface area contributed by atoms with Gasteiger partial charge in [0.1, 0.15) is 5.70 Å². The van der Waals surface area contributed by atoms with Gasteiger partial charge in [0, 0.05) is 12.1 Å². The summed E-state index contributed by atoms with van der Waals surface area (Å²) in [6, 6.07) is 19.3. The Morgan fingerprint density at radius 2 is 1.44 bits per heavy atom. The quantitative estimate of drug-likeness (QED) is 0.767. The molecule has 2 aromatic carbocycles. The Balaban J connectivity index is 1.72. The van der Waals surface area contributed by atoms with Crippen molar-refractivity contribution in [3.05, 3.63) is 83.6 Å². The van der Waals surface area contributed by atoms with Crippen molar-refractivity contribution in [3.63, 3.8) is 0 Å². The first kappa shape index (κ1) is 18.6.